The van der Waals surface area contributed by atoms with Crippen molar-refractivity contribution in [2.75, 3.05) is 6.66 Å². The van der Waals surface area contributed by atoms with E-state index in [0.29, 0.717) is 0 Å². The molecule has 28 valence electrons. The molecule has 2 nitrogen and oxygen atoms in total. The Morgan fingerprint density at radius 1 is 1.40 bits per heavy atom. The molecule has 0 radical (unpaired) electrons. The van der Waals surface area contributed by atoms with E-state index in [1.165, 1.54) is 6.66 Å². The van der Waals surface area contributed by atoms with Crippen molar-refractivity contribution in [3.63, 3.8) is 0 Å². The maximum atomic E-state index is 7.68. The zero-order valence-electron chi connectivity index (χ0n) is 2.34. The summed E-state index contributed by atoms with van der Waals surface area (Å²) in [7, 11) is -1.62. The Balaban J connectivity index is 0. The van der Waals surface area contributed by atoms with E-state index in [0.717, 1.165) is 0 Å². The van der Waals surface area contributed by atoms with Crippen LogP contribution in [0.25, 0.3) is 0 Å². The van der Waals surface area contributed by atoms with Crippen molar-refractivity contribution >= 4 is 37.9 Å². The molecule has 0 aromatic heterocycles. The van der Waals surface area contributed by atoms with Gasteiger partial charge in [-0.2, -0.15) is 0 Å². The fourth-order valence-electron chi connectivity index (χ4n) is 0. The van der Waals surface area contributed by atoms with Gasteiger partial charge in [-0.15, -0.1) is 0 Å². The van der Waals surface area contributed by atoms with Crippen molar-refractivity contribution in [2.45, 2.75) is 0 Å². The van der Waals surface area contributed by atoms with Gasteiger partial charge in [-0.1, -0.05) is 0 Å². The molecule has 2 N–H and O–H groups in total. The summed E-state index contributed by atoms with van der Waals surface area (Å²) < 4.78 is 0. The van der Waals surface area contributed by atoms with Crippen LogP contribution in [0.4, 0.5) is 0 Å². The monoisotopic (exact) mass is 104 g/mol. The quantitative estimate of drug-likeness (QED) is 0.314. The predicted octanol–water partition coefficient (Wildman–Crippen LogP) is -0.736. The second-order valence-electron chi connectivity index (χ2n) is 0.489. The zero-order valence-corrected chi connectivity index (χ0v) is 3.24. The molecule has 0 spiro atoms. The van der Waals surface area contributed by atoms with E-state index in [9.17, 15) is 0 Å². The Hall–Kier alpha value is 1.35. The molecule has 0 aliphatic heterocycles. The number of hydrogen-bond donors (Lipinski definition) is 2. The Labute approximate surface area is 54.4 Å². The third-order valence-electron chi connectivity index (χ3n) is 0. The molecule has 5 heavy (non-hydrogen) atoms. The minimum atomic E-state index is -1.62. The predicted molar refractivity (Wildman–Crippen MR) is 24.4 cm³/mol. The van der Waals surface area contributed by atoms with E-state index in [4.69, 9.17) is 9.79 Å². The first-order chi connectivity index (χ1) is 1.73. The van der Waals surface area contributed by atoms with Crippen molar-refractivity contribution < 1.29 is 9.79 Å². The van der Waals surface area contributed by atoms with Gasteiger partial charge >= 0.3 is 29.6 Å². The van der Waals surface area contributed by atoms with E-state index in [-0.39, 0.29) is 29.6 Å². The van der Waals surface area contributed by atoms with Crippen molar-refractivity contribution in [2.24, 2.45) is 0 Å². The van der Waals surface area contributed by atoms with Gasteiger partial charge in [0.2, 0.25) is 0 Å². The van der Waals surface area contributed by atoms with Crippen LogP contribution in [0.1, 0.15) is 0 Å². The Kier molecular flexibility index (Phi) is 10.3. The first kappa shape index (κ1) is 9.61. The number of rotatable bonds is 0. The van der Waals surface area contributed by atoms with Gasteiger partial charge in [0.05, 0.1) is 0 Å². The molecule has 0 aliphatic rings. The van der Waals surface area contributed by atoms with Crippen molar-refractivity contribution in [1.29, 1.82) is 0 Å². The van der Waals surface area contributed by atoms with Crippen molar-refractivity contribution in [3.8, 4) is 0 Å². The summed E-state index contributed by atoms with van der Waals surface area (Å²) in [5, 5.41) is 0. The van der Waals surface area contributed by atoms with Crippen LogP contribution in [0, 0.1) is 0 Å². The van der Waals surface area contributed by atoms with Gasteiger partial charge in [0.1, 0.15) is 0 Å². The van der Waals surface area contributed by atoms with Crippen LogP contribution < -0.4 is 0 Å². The molecule has 0 unspecified atom stereocenters. The molecular weight excluding hydrogens is 98.0 g/mol. The van der Waals surface area contributed by atoms with Crippen LogP contribution in [0.15, 0.2) is 0 Å². The molecule has 0 fully saturated rings. The number of hydrogen-bond acceptors (Lipinski definition) is 2. The van der Waals surface area contributed by atoms with Crippen LogP contribution in [0.3, 0.4) is 0 Å². The Morgan fingerprint density at radius 3 is 1.40 bits per heavy atom. The zero-order chi connectivity index (χ0) is 3.58. The van der Waals surface area contributed by atoms with E-state index in [1.54, 1.807) is 0 Å². The third-order valence-corrected chi connectivity index (χ3v) is 0. The SMILES string of the molecule is CP(O)O.[NaH]. The van der Waals surface area contributed by atoms with Crippen LogP contribution in [-0.2, 0) is 0 Å². The second kappa shape index (κ2) is 5.35. The molecule has 0 aromatic rings. The first-order valence-corrected chi connectivity index (χ1v) is 2.54. The fourth-order valence-corrected chi connectivity index (χ4v) is 0. The van der Waals surface area contributed by atoms with Crippen LogP contribution >= 0.6 is 8.38 Å². The maximum absolute atomic E-state index is 7.68. The van der Waals surface area contributed by atoms with Crippen molar-refractivity contribution in [1.82, 2.24) is 0 Å². The van der Waals surface area contributed by atoms with E-state index in [1.807, 2.05) is 0 Å². The second-order valence-corrected chi connectivity index (χ2v) is 1.47. The average molecular weight is 104 g/mol. The van der Waals surface area contributed by atoms with Gasteiger partial charge in [0, 0.05) is 6.66 Å². The molecule has 0 saturated heterocycles. The molecule has 0 saturated carbocycles. The van der Waals surface area contributed by atoms with E-state index < -0.39 is 8.38 Å². The average Bonchev–Trinajstić information content (AvgIpc) is 0.811. The Morgan fingerprint density at radius 2 is 1.40 bits per heavy atom. The summed E-state index contributed by atoms with van der Waals surface area (Å²) in [5.74, 6) is 0. The first-order valence-electron chi connectivity index (χ1n) is 0.847. The third kappa shape index (κ3) is 32.9. The molecule has 0 bridgehead atoms. The minimum absolute atomic E-state index is 0. The molecule has 0 aliphatic carbocycles. The molecule has 0 heterocycles. The summed E-state index contributed by atoms with van der Waals surface area (Å²) in [6.45, 7) is 1.34. The van der Waals surface area contributed by atoms with E-state index >= 15 is 0 Å². The van der Waals surface area contributed by atoms with Crippen LogP contribution in [0.2, 0.25) is 0 Å². The van der Waals surface area contributed by atoms with E-state index in [2.05, 4.69) is 0 Å². The molecule has 0 amide bonds. The molecule has 0 rings (SSSR count). The van der Waals surface area contributed by atoms with Gasteiger partial charge in [-0.05, 0) is 0 Å². The van der Waals surface area contributed by atoms with Gasteiger partial charge < -0.3 is 9.79 Å². The standard InChI is InChI=1S/CH5O2P.Na.H/c1-4(2)3;;/h2-3H,1H3;;. The van der Waals surface area contributed by atoms with Gasteiger partial charge in [-0.25, -0.2) is 0 Å². The van der Waals surface area contributed by atoms with Gasteiger partial charge in [0.25, 0.3) is 0 Å². The summed E-state index contributed by atoms with van der Waals surface area (Å²) in [6.07, 6.45) is 0. The normalized spacial score (nSPS) is 7.20. The summed E-state index contributed by atoms with van der Waals surface area (Å²) in [6, 6.07) is 0. The summed E-state index contributed by atoms with van der Waals surface area (Å²) in [4.78, 5) is 15.4. The summed E-state index contributed by atoms with van der Waals surface area (Å²) in [5.41, 5.74) is 0. The molecule has 0 atom stereocenters. The molecule has 0 aromatic carbocycles. The van der Waals surface area contributed by atoms with Crippen molar-refractivity contribution in [3.05, 3.63) is 0 Å². The van der Waals surface area contributed by atoms with Crippen LogP contribution in [-0.4, -0.2) is 46.0 Å². The Bertz CT molecular complexity index is 14.4. The summed E-state index contributed by atoms with van der Waals surface area (Å²) >= 11 is 0. The molecule has 4 heteroatoms. The fraction of sp³-hybridized carbons (Fsp3) is 1.00. The topological polar surface area (TPSA) is 40.5 Å². The van der Waals surface area contributed by atoms with Gasteiger partial charge in [-0.3, -0.25) is 0 Å². The van der Waals surface area contributed by atoms with Crippen LogP contribution in [0.5, 0.6) is 0 Å². The molecular formula is CH6NaO2P. The van der Waals surface area contributed by atoms with Gasteiger partial charge in [0.15, 0.2) is 8.38 Å².